The number of aryl methyl sites for hydroxylation is 3. The summed E-state index contributed by atoms with van der Waals surface area (Å²) in [6.45, 7) is 4.88. The van der Waals surface area contributed by atoms with Crippen molar-refractivity contribution in [1.29, 1.82) is 0 Å². The van der Waals surface area contributed by atoms with Crippen LogP contribution in [0.25, 0.3) is 21.8 Å². The summed E-state index contributed by atoms with van der Waals surface area (Å²) in [5, 5.41) is 8.18. The third kappa shape index (κ3) is 2.48. The molecule has 6 nitrogen and oxygen atoms in total. The maximum atomic E-state index is 13.0. The van der Waals surface area contributed by atoms with Crippen LogP contribution in [0.5, 0.6) is 0 Å². The molecule has 0 saturated carbocycles. The zero-order valence-corrected chi connectivity index (χ0v) is 16.7. The van der Waals surface area contributed by atoms with Crippen LogP contribution < -0.4 is 5.56 Å². The summed E-state index contributed by atoms with van der Waals surface area (Å²) in [7, 11) is 1.80. The van der Waals surface area contributed by atoms with Crippen LogP contribution in [0.1, 0.15) is 24.1 Å². The lowest BCUT2D eigenvalue weighted by Gasteiger charge is -2.38. The third-order valence-electron chi connectivity index (χ3n) is 5.27. The van der Waals surface area contributed by atoms with Gasteiger partial charge in [0, 0.05) is 48.5 Å². The molecule has 0 bridgehead atoms. The fraction of sp³-hybridized carbons (Fsp3) is 0.421. The predicted octanol–water partition coefficient (Wildman–Crippen LogP) is 2.54. The molecule has 2 aromatic heterocycles. The van der Waals surface area contributed by atoms with Crippen LogP contribution >= 0.6 is 15.9 Å². The number of amides is 1. The minimum absolute atomic E-state index is 0.00322. The van der Waals surface area contributed by atoms with Gasteiger partial charge in [-0.25, -0.2) is 4.68 Å². The van der Waals surface area contributed by atoms with Gasteiger partial charge in [-0.15, -0.1) is 0 Å². The van der Waals surface area contributed by atoms with Crippen molar-refractivity contribution in [2.75, 3.05) is 18.4 Å². The minimum Gasteiger partial charge on any atom is -0.339 e. The van der Waals surface area contributed by atoms with Crippen molar-refractivity contribution in [1.82, 2.24) is 19.2 Å². The lowest BCUT2D eigenvalue weighted by Crippen LogP contribution is -2.50. The first kappa shape index (κ1) is 17.3. The monoisotopic (exact) mass is 416 g/mol. The second-order valence-corrected chi connectivity index (χ2v) is 7.85. The minimum atomic E-state index is -0.00322. The number of fused-ring (bicyclic) bond motifs is 3. The zero-order valence-electron chi connectivity index (χ0n) is 15.1. The lowest BCUT2D eigenvalue weighted by atomic mass is 9.98. The molecule has 1 saturated heterocycles. The van der Waals surface area contributed by atoms with E-state index in [0.717, 1.165) is 44.7 Å². The molecule has 136 valence electrons. The van der Waals surface area contributed by atoms with Gasteiger partial charge in [0.05, 0.1) is 12.2 Å². The van der Waals surface area contributed by atoms with Gasteiger partial charge in [-0.3, -0.25) is 14.2 Å². The number of benzene rings is 1. The molecule has 0 spiro atoms. The van der Waals surface area contributed by atoms with Gasteiger partial charge in [-0.05, 0) is 25.0 Å². The Morgan fingerprint density at radius 2 is 2.04 bits per heavy atom. The number of hydrogen-bond donors (Lipinski definition) is 0. The van der Waals surface area contributed by atoms with Crippen LogP contribution in [0.2, 0.25) is 0 Å². The Balaban J connectivity index is 1.97. The van der Waals surface area contributed by atoms with Gasteiger partial charge in [0.15, 0.2) is 0 Å². The average Bonchev–Trinajstić information content (AvgIpc) is 2.95. The fourth-order valence-electron chi connectivity index (χ4n) is 3.92. The summed E-state index contributed by atoms with van der Waals surface area (Å²) in [5.74, 6) is 0.0760. The maximum absolute atomic E-state index is 13.0. The van der Waals surface area contributed by atoms with Gasteiger partial charge in [0.2, 0.25) is 5.91 Å². The molecule has 0 unspecified atom stereocenters. The van der Waals surface area contributed by atoms with Gasteiger partial charge >= 0.3 is 0 Å². The quantitative estimate of drug-likeness (QED) is 0.616. The largest absolute Gasteiger partial charge is 0.339 e. The Kier molecular flexibility index (Phi) is 4.14. The van der Waals surface area contributed by atoms with Gasteiger partial charge in [0.25, 0.3) is 5.56 Å². The van der Waals surface area contributed by atoms with Gasteiger partial charge in [-0.2, -0.15) is 5.10 Å². The third-order valence-corrected chi connectivity index (χ3v) is 5.67. The maximum Gasteiger partial charge on any atom is 0.259 e. The summed E-state index contributed by atoms with van der Waals surface area (Å²) in [6.07, 6.45) is 2.72. The van der Waals surface area contributed by atoms with Crippen molar-refractivity contribution in [3.05, 3.63) is 39.8 Å². The highest BCUT2D eigenvalue weighted by Crippen LogP contribution is 2.31. The van der Waals surface area contributed by atoms with E-state index in [1.807, 2.05) is 23.9 Å². The molecule has 26 heavy (non-hydrogen) atoms. The number of likely N-dealkylation sites (tertiary alicyclic amines) is 1. The van der Waals surface area contributed by atoms with Crippen molar-refractivity contribution < 1.29 is 4.79 Å². The number of halogens is 1. The number of aromatic nitrogens is 3. The first-order valence-electron chi connectivity index (χ1n) is 8.73. The molecule has 1 amide bonds. The molecule has 4 rings (SSSR count). The van der Waals surface area contributed by atoms with Crippen molar-refractivity contribution in [3.8, 4) is 0 Å². The fourth-order valence-corrected chi connectivity index (χ4v) is 4.35. The second kappa shape index (κ2) is 6.23. The Morgan fingerprint density at radius 1 is 1.31 bits per heavy atom. The molecule has 1 fully saturated rings. The Labute approximate surface area is 159 Å². The van der Waals surface area contributed by atoms with E-state index in [1.165, 1.54) is 0 Å². The first-order chi connectivity index (χ1) is 12.4. The van der Waals surface area contributed by atoms with Crippen LogP contribution in [-0.4, -0.2) is 43.6 Å². The Hall–Kier alpha value is -2.15. The lowest BCUT2D eigenvalue weighted by molar-refractivity contribution is -0.134. The average molecular weight is 417 g/mol. The normalized spacial score (nSPS) is 15.0. The first-order valence-corrected chi connectivity index (χ1v) is 9.85. The molecule has 0 atom stereocenters. The van der Waals surface area contributed by atoms with Gasteiger partial charge in [-0.1, -0.05) is 27.6 Å². The summed E-state index contributed by atoms with van der Waals surface area (Å²) < 4.78 is 3.60. The van der Waals surface area contributed by atoms with E-state index in [1.54, 1.807) is 23.4 Å². The van der Waals surface area contributed by atoms with E-state index in [-0.39, 0.29) is 17.5 Å². The molecular weight excluding hydrogens is 396 g/mol. The number of rotatable bonds is 3. The molecule has 0 N–H and O–H groups in total. The molecule has 1 aliphatic rings. The Bertz CT molecular complexity index is 1090. The van der Waals surface area contributed by atoms with Gasteiger partial charge < -0.3 is 4.90 Å². The summed E-state index contributed by atoms with van der Waals surface area (Å²) in [6, 6.07) is 4.23. The van der Waals surface area contributed by atoms with E-state index in [0.29, 0.717) is 13.1 Å². The van der Waals surface area contributed by atoms with Gasteiger partial charge in [0.1, 0.15) is 5.65 Å². The number of alkyl halides is 1. The summed E-state index contributed by atoms with van der Waals surface area (Å²) in [5.41, 5.74) is 3.08. The van der Waals surface area contributed by atoms with Crippen LogP contribution in [0, 0.1) is 6.92 Å². The van der Waals surface area contributed by atoms with E-state index in [9.17, 15) is 9.59 Å². The van der Waals surface area contributed by atoms with Crippen LogP contribution in [0.3, 0.4) is 0 Å². The van der Waals surface area contributed by atoms with Crippen molar-refractivity contribution in [2.24, 2.45) is 7.05 Å². The second-order valence-electron chi connectivity index (χ2n) is 7.05. The molecule has 1 aromatic carbocycles. The highest BCUT2D eigenvalue weighted by Gasteiger charge is 2.32. The number of hydrogen-bond acceptors (Lipinski definition) is 3. The molecule has 7 heteroatoms. The topological polar surface area (TPSA) is 60.1 Å². The summed E-state index contributed by atoms with van der Waals surface area (Å²) >= 11 is 3.52. The SMILES string of the molecule is CC(=O)N1CC(n2ncc3c4c(CCBr)cc(C)cc4c(=O)n(C)c32)C1. The number of carbonyl (C=O) groups is 1. The number of nitrogens with zero attached hydrogens (tertiary/aromatic N) is 4. The molecule has 0 radical (unpaired) electrons. The molecular formula is C19H21BrN4O2. The number of pyridine rings is 1. The molecule has 0 aliphatic carbocycles. The zero-order chi connectivity index (χ0) is 18.6. The molecule has 3 aromatic rings. The van der Waals surface area contributed by atoms with Crippen LogP contribution in [-0.2, 0) is 18.3 Å². The Morgan fingerprint density at radius 3 is 2.69 bits per heavy atom. The standard InChI is InChI=1S/C19H21BrN4O2/c1-11-6-13(4-5-20)17-15(7-11)19(26)22(3)18-16(17)8-21-24(18)14-9-23(10-14)12(2)25/h6-8,14H,4-5,9-10H2,1-3H3. The molecule has 3 heterocycles. The van der Waals surface area contributed by atoms with Crippen molar-refractivity contribution in [2.45, 2.75) is 26.3 Å². The van der Waals surface area contributed by atoms with Crippen LogP contribution in [0.15, 0.2) is 23.1 Å². The van der Waals surface area contributed by atoms with E-state index in [2.05, 4.69) is 27.1 Å². The predicted molar refractivity (Wildman–Crippen MR) is 106 cm³/mol. The van der Waals surface area contributed by atoms with Crippen LogP contribution in [0.4, 0.5) is 0 Å². The van der Waals surface area contributed by atoms with E-state index >= 15 is 0 Å². The smallest absolute Gasteiger partial charge is 0.259 e. The highest BCUT2D eigenvalue weighted by molar-refractivity contribution is 9.09. The number of carbonyl (C=O) groups excluding carboxylic acids is 1. The van der Waals surface area contributed by atoms with E-state index in [4.69, 9.17) is 0 Å². The van der Waals surface area contributed by atoms with Crippen molar-refractivity contribution >= 4 is 43.6 Å². The van der Waals surface area contributed by atoms with Crippen molar-refractivity contribution in [3.63, 3.8) is 0 Å². The molecule has 1 aliphatic heterocycles. The highest BCUT2D eigenvalue weighted by atomic mass is 79.9. The van der Waals surface area contributed by atoms with E-state index < -0.39 is 0 Å². The summed E-state index contributed by atoms with van der Waals surface area (Å²) in [4.78, 5) is 26.3.